The van der Waals surface area contributed by atoms with Crippen LogP contribution in [-0.2, 0) is 34.4 Å². The number of hydrogen-bond acceptors (Lipinski definition) is 7. The Hall–Kier alpha value is -2.95. The van der Waals surface area contributed by atoms with Crippen LogP contribution in [0.15, 0.2) is 18.3 Å². The minimum atomic E-state index is -0.812. The van der Waals surface area contributed by atoms with Gasteiger partial charge in [0.05, 0.1) is 6.20 Å². The van der Waals surface area contributed by atoms with E-state index in [1.807, 2.05) is 18.5 Å². The third-order valence-electron chi connectivity index (χ3n) is 5.67. The highest BCUT2D eigenvalue weighted by Gasteiger charge is 2.31. The summed E-state index contributed by atoms with van der Waals surface area (Å²) >= 11 is 0.752. The van der Waals surface area contributed by atoms with E-state index in [0.717, 1.165) is 37.0 Å². The third kappa shape index (κ3) is 8.05. The van der Waals surface area contributed by atoms with Crippen LogP contribution in [0.4, 0.5) is 5.82 Å². The molecule has 2 aromatic rings. The lowest BCUT2D eigenvalue weighted by Gasteiger charge is -2.28. The first-order valence-corrected chi connectivity index (χ1v) is 12.9. The second-order valence-electron chi connectivity index (χ2n) is 8.48. The Morgan fingerprint density at radius 3 is 2.40 bits per heavy atom. The standard InChI is InChI=1S/C24H37N5O5S/c1-5-7-11-19-25-16-20(27(19)4)26-24(34)18(10-6-2)29(35-17(3)30)23(33)12-8-9-15-28-21(31)13-14-22(28)32/h13-14,16,18,31-32H,5-12,15H2,1-4H3,(H,26,34)/t18-/m0/s1. The molecular formula is C24H37N5O5S. The van der Waals surface area contributed by atoms with Crippen molar-refractivity contribution in [2.24, 2.45) is 7.05 Å². The number of hydrogen-bond donors (Lipinski definition) is 3. The van der Waals surface area contributed by atoms with Crippen molar-refractivity contribution in [3.05, 3.63) is 24.2 Å². The zero-order chi connectivity index (χ0) is 26.0. The minimum absolute atomic E-state index is 0.0460. The molecule has 0 fully saturated rings. The Morgan fingerprint density at radius 1 is 1.11 bits per heavy atom. The average Bonchev–Trinajstić information content (AvgIpc) is 3.32. The van der Waals surface area contributed by atoms with Crippen LogP contribution in [0.2, 0.25) is 0 Å². The Labute approximate surface area is 210 Å². The molecule has 0 spiro atoms. The van der Waals surface area contributed by atoms with Crippen LogP contribution in [-0.4, -0.2) is 51.6 Å². The van der Waals surface area contributed by atoms with Crippen LogP contribution in [0.25, 0.3) is 0 Å². The van der Waals surface area contributed by atoms with Gasteiger partial charge in [0, 0.05) is 57.4 Å². The van der Waals surface area contributed by atoms with Gasteiger partial charge in [-0.1, -0.05) is 26.7 Å². The molecule has 11 heteroatoms. The fourth-order valence-electron chi connectivity index (χ4n) is 3.73. The molecule has 35 heavy (non-hydrogen) atoms. The molecule has 1 atom stereocenters. The number of aromatic hydroxyl groups is 2. The summed E-state index contributed by atoms with van der Waals surface area (Å²) in [7, 11) is 1.84. The molecule has 0 unspecified atom stereocenters. The van der Waals surface area contributed by atoms with Crippen molar-refractivity contribution in [1.82, 2.24) is 18.4 Å². The Balaban J connectivity index is 2.07. The van der Waals surface area contributed by atoms with Crippen LogP contribution >= 0.6 is 11.9 Å². The van der Waals surface area contributed by atoms with E-state index in [1.54, 1.807) is 6.20 Å². The summed E-state index contributed by atoms with van der Waals surface area (Å²) in [5.74, 6) is 0.661. The number of aryl methyl sites for hydroxylation is 1. The minimum Gasteiger partial charge on any atom is -0.494 e. The summed E-state index contributed by atoms with van der Waals surface area (Å²) in [4.78, 5) is 42.6. The van der Waals surface area contributed by atoms with Gasteiger partial charge in [0.25, 0.3) is 0 Å². The van der Waals surface area contributed by atoms with E-state index < -0.39 is 6.04 Å². The maximum Gasteiger partial charge on any atom is 0.249 e. The highest BCUT2D eigenvalue weighted by molar-refractivity contribution is 8.12. The number of aromatic nitrogens is 3. The number of amides is 2. The molecule has 0 aliphatic carbocycles. The monoisotopic (exact) mass is 507 g/mol. The summed E-state index contributed by atoms with van der Waals surface area (Å²) in [6.07, 6.45) is 6.64. The van der Waals surface area contributed by atoms with Crippen LogP contribution < -0.4 is 5.32 Å². The average molecular weight is 508 g/mol. The zero-order valence-electron chi connectivity index (χ0n) is 21.0. The first kappa shape index (κ1) is 28.3. The van der Waals surface area contributed by atoms with Gasteiger partial charge in [0.2, 0.25) is 16.9 Å². The maximum atomic E-state index is 13.2. The van der Waals surface area contributed by atoms with E-state index in [-0.39, 0.29) is 35.1 Å². The van der Waals surface area contributed by atoms with Crippen molar-refractivity contribution < 1.29 is 24.6 Å². The van der Waals surface area contributed by atoms with Crippen LogP contribution in [0, 0.1) is 0 Å². The zero-order valence-corrected chi connectivity index (χ0v) is 21.8. The maximum absolute atomic E-state index is 13.2. The third-order valence-corrected chi connectivity index (χ3v) is 6.58. The lowest BCUT2D eigenvalue weighted by molar-refractivity contribution is -0.133. The van der Waals surface area contributed by atoms with E-state index in [2.05, 4.69) is 17.2 Å². The summed E-state index contributed by atoms with van der Waals surface area (Å²) in [5.41, 5.74) is 0. The van der Waals surface area contributed by atoms with Crippen LogP contribution in [0.3, 0.4) is 0 Å². The second kappa shape index (κ2) is 13.8. The molecule has 0 radical (unpaired) electrons. The van der Waals surface area contributed by atoms with Gasteiger partial charge < -0.3 is 20.1 Å². The van der Waals surface area contributed by atoms with Crippen LogP contribution in [0.5, 0.6) is 11.8 Å². The number of imidazole rings is 1. The van der Waals surface area contributed by atoms with Crippen molar-refractivity contribution in [3.63, 3.8) is 0 Å². The molecule has 2 heterocycles. The van der Waals surface area contributed by atoms with Gasteiger partial charge in [-0.25, -0.2) is 4.98 Å². The molecule has 0 bridgehead atoms. The molecule has 2 rings (SSSR count). The van der Waals surface area contributed by atoms with Crippen molar-refractivity contribution in [3.8, 4) is 11.8 Å². The number of nitrogens with one attached hydrogen (secondary N) is 1. The van der Waals surface area contributed by atoms with E-state index in [9.17, 15) is 24.6 Å². The first-order valence-electron chi connectivity index (χ1n) is 12.1. The molecule has 2 amide bonds. The quantitative estimate of drug-likeness (QED) is 0.276. The Morgan fingerprint density at radius 2 is 1.80 bits per heavy atom. The number of rotatable bonds is 13. The van der Waals surface area contributed by atoms with E-state index in [1.165, 1.54) is 27.9 Å². The molecular weight excluding hydrogens is 470 g/mol. The highest BCUT2D eigenvalue weighted by Crippen LogP contribution is 2.25. The van der Waals surface area contributed by atoms with Gasteiger partial charge in [-0.2, -0.15) is 0 Å². The summed E-state index contributed by atoms with van der Waals surface area (Å²) in [6, 6.07) is 1.98. The van der Waals surface area contributed by atoms with Gasteiger partial charge in [0.15, 0.2) is 11.8 Å². The largest absolute Gasteiger partial charge is 0.494 e. The fourth-order valence-corrected chi connectivity index (χ4v) is 4.53. The van der Waals surface area contributed by atoms with Gasteiger partial charge >= 0.3 is 0 Å². The van der Waals surface area contributed by atoms with Gasteiger partial charge in [-0.15, -0.1) is 0 Å². The predicted octanol–water partition coefficient (Wildman–Crippen LogP) is 3.98. The molecule has 2 aromatic heterocycles. The summed E-state index contributed by atoms with van der Waals surface area (Å²) in [5, 5.41) is 22.1. The molecule has 194 valence electrons. The Kier molecular flexibility index (Phi) is 11.2. The Bertz CT molecular complexity index is 983. The lowest BCUT2D eigenvalue weighted by atomic mass is 10.1. The number of nitrogens with zero attached hydrogens (tertiary/aromatic N) is 4. The molecule has 0 aliphatic rings. The molecule has 0 aromatic carbocycles. The number of carbonyl (C=O) groups excluding carboxylic acids is 3. The van der Waals surface area contributed by atoms with Crippen molar-refractivity contribution in [2.75, 3.05) is 5.32 Å². The SMILES string of the molecule is CCCCc1ncc(NC(=O)[C@H](CCC)N(SC(C)=O)C(=O)CCCCn2c(O)ccc2O)n1C. The fraction of sp³-hybridized carbons (Fsp3) is 0.583. The van der Waals surface area contributed by atoms with Crippen molar-refractivity contribution in [2.45, 2.75) is 84.7 Å². The predicted molar refractivity (Wildman–Crippen MR) is 136 cm³/mol. The van der Waals surface area contributed by atoms with E-state index in [0.29, 0.717) is 38.0 Å². The van der Waals surface area contributed by atoms with Crippen molar-refractivity contribution in [1.29, 1.82) is 0 Å². The van der Waals surface area contributed by atoms with Gasteiger partial charge in [-0.05, 0) is 25.7 Å². The molecule has 0 saturated carbocycles. The first-order chi connectivity index (χ1) is 16.7. The number of anilines is 1. The second-order valence-corrected chi connectivity index (χ2v) is 9.63. The van der Waals surface area contributed by atoms with Crippen molar-refractivity contribution >= 4 is 34.7 Å². The topological polar surface area (TPSA) is 130 Å². The van der Waals surface area contributed by atoms with Gasteiger partial charge in [-0.3, -0.25) is 23.3 Å². The normalized spacial score (nSPS) is 11.9. The van der Waals surface area contributed by atoms with E-state index in [4.69, 9.17) is 0 Å². The molecule has 10 nitrogen and oxygen atoms in total. The summed E-state index contributed by atoms with van der Waals surface area (Å²) in [6.45, 7) is 5.74. The van der Waals surface area contributed by atoms with E-state index >= 15 is 0 Å². The summed E-state index contributed by atoms with van der Waals surface area (Å²) < 4.78 is 4.48. The molecule has 3 N–H and O–H groups in total. The smallest absolute Gasteiger partial charge is 0.249 e. The number of carbonyl (C=O) groups is 3. The van der Waals surface area contributed by atoms with Crippen LogP contribution in [0.1, 0.15) is 71.5 Å². The highest BCUT2D eigenvalue weighted by atomic mass is 32.2. The molecule has 0 saturated heterocycles. The number of unbranched alkanes of at least 4 members (excludes halogenated alkanes) is 2. The van der Waals surface area contributed by atoms with Gasteiger partial charge in [0.1, 0.15) is 17.7 Å². The lowest BCUT2D eigenvalue weighted by Crippen LogP contribution is -2.44. The molecule has 0 aliphatic heterocycles.